The maximum atomic E-state index is 10.6. The van der Waals surface area contributed by atoms with E-state index in [1.165, 1.54) is 31.2 Å². The van der Waals surface area contributed by atoms with Gasteiger partial charge in [0.05, 0.1) is 6.10 Å². The number of aliphatic hydroxyl groups is 1. The Morgan fingerprint density at radius 2 is 1.96 bits per heavy atom. The lowest BCUT2D eigenvalue weighted by atomic mass is 9.79. The standard InChI is InChI=1S/C21H35NO2/c1-5-6-7-8-12-21(2,3)16-9-10-18(20(24)14-16)19-15-17(23)11-13-22(19)4/h9-10,14,17,19,23-24H,5-8,11-13,15H2,1-4H3/t17-,19+/m1/s1. The molecule has 0 amide bonds. The van der Waals surface area contributed by atoms with Gasteiger partial charge < -0.3 is 10.2 Å². The number of aromatic hydroxyl groups is 1. The molecule has 0 radical (unpaired) electrons. The van der Waals surface area contributed by atoms with Crippen molar-refractivity contribution in [2.24, 2.45) is 0 Å². The van der Waals surface area contributed by atoms with Gasteiger partial charge in [-0.2, -0.15) is 0 Å². The van der Waals surface area contributed by atoms with Gasteiger partial charge in [0.1, 0.15) is 5.75 Å². The Morgan fingerprint density at radius 3 is 2.62 bits per heavy atom. The molecule has 1 aromatic carbocycles. The van der Waals surface area contributed by atoms with Crippen molar-refractivity contribution >= 4 is 0 Å². The van der Waals surface area contributed by atoms with Crippen molar-refractivity contribution < 1.29 is 10.2 Å². The van der Waals surface area contributed by atoms with Crippen LogP contribution >= 0.6 is 0 Å². The second-order valence-electron chi connectivity index (χ2n) is 8.14. The van der Waals surface area contributed by atoms with Gasteiger partial charge >= 0.3 is 0 Å². The van der Waals surface area contributed by atoms with E-state index in [0.717, 1.165) is 24.9 Å². The number of unbranched alkanes of at least 4 members (excludes halogenated alkanes) is 3. The number of aliphatic hydroxyl groups excluding tert-OH is 1. The first-order valence-corrected chi connectivity index (χ1v) is 9.57. The molecule has 0 aromatic heterocycles. The van der Waals surface area contributed by atoms with Crippen LogP contribution in [0.2, 0.25) is 0 Å². The number of phenolic OH excluding ortho intramolecular Hbond substituents is 1. The van der Waals surface area contributed by atoms with E-state index in [1.54, 1.807) is 0 Å². The second-order valence-corrected chi connectivity index (χ2v) is 8.14. The number of hydrogen-bond acceptors (Lipinski definition) is 3. The average molecular weight is 334 g/mol. The molecular weight excluding hydrogens is 298 g/mol. The molecule has 3 heteroatoms. The van der Waals surface area contributed by atoms with Crippen LogP contribution in [0.15, 0.2) is 18.2 Å². The third-order valence-corrected chi connectivity index (χ3v) is 5.67. The summed E-state index contributed by atoms with van der Waals surface area (Å²) in [5.74, 6) is 0.375. The van der Waals surface area contributed by atoms with E-state index in [4.69, 9.17) is 0 Å². The molecule has 1 aliphatic heterocycles. The minimum absolute atomic E-state index is 0.0851. The van der Waals surface area contributed by atoms with Crippen molar-refractivity contribution in [1.82, 2.24) is 4.90 Å². The summed E-state index contributed by atoms with van der Waals surface area (Å²) in [6.07, 6.45) is 7.48. The fraction of sp³-hybridized carbons (Fsp3) is 0.714. The molecule has 136 valence electrons. The third kappa shape index (κ3) is 4.73. The number of likely N-dealkylation sites (tertiary alicyclic amines) is 1. The van der Waals surface area contributed by atoms with Crippen LogP contribution in [0.3, 0.4) is 0 Å². The Kier molecular flexibility index (Phi) is 6.70. The zero-order chi connectivity index (χ0) is 17.7. The zero-order valence-electron chi connectivity index (χ0n) is 15.9. The molecule has 1 saturated heterocycles. The van der Waals surface area contributed by atoms with Crippen molar-refractivity contribution in [3.8, 4) is 5.75 Å². The quantitative estimate of drug-likeness (QED) is 0.707. The molecule has 2 N–H and O–H groups in total. The van der Waals surface area contributed by atoms with Gasteiger partial charge in [0.2, 0.25) is 0 Å². The summed E-state index contributed by atoms with van der Waals surface area (Å²) in [6, 6.07) is 6.29. The van der Waals surface area contributed by atoms with Gasteiger partial charge in [-0.15, -0.1) is 0 Å². The van der Waals surface area contributed by atoms with Crippen LogP contribution in [-0.4, -0.2) is 34.8 Å². The Balaban J connectivity index is 2.10. The molecule has 1 aromatic rings. The molecule has 0 aliphatic carbocycles. The summed E-state index contributed by atoms with van der Waals surface area (Å²) in [7, 11) is 2.07. The highest BCUT2D eigenvalue weighted by Gasteiger charge is 2.29. The SMILES string of the molecule is CCCCCCC(C)(C)c1ccc([C@@H]2C[C@H](O)CCN2C)c(O)c1. The second kappa shape index (κ2) is 8.35. The summed E-state index contributed by atoms with van der Waals surface area (Å²) in [5.41, 5.74) is 2.24. The lowest BCUT2D eigenvalue weighted by Crippen LogP contribution is -2.36. The van der Waals surface area contributed by atoms with E-state index in [0.29, 0.717) is 12.2 Å². The molecule has 0 spiro atoms. The molecule has 2 rings (SSSR count). The van der Waals surface area contributed by atoms with Gasteiger partial charge in [0.25, 0.3) is 0 Å². The van der Waals surface area contributed by atoms with Crippen LogP contribution in [0.25, 0.3) is 0 Å². The summed E-state index contributed by atoms with van der Waals surface area (Å²) in [4.78, 5) is 2.23. The number of benzene rings is 1. The monoisotopic (exact) mass is 333 g/mol. The maximum absolute atomic E-state index is 10.6. The van der Waals surface area contributed by atoms with E-state index >= 15 is 0 Å². The molecule has 2 atom stereocenters. The predicted octanol–water partition coefficient (Wildman–Crippen LogP) is 4.77. The first-order chi connectivity index (χ1) is 11.3. The number of piperidine rings is 1. The lowest BCUT2D eigenvalue weighted by molar-refractivity contribution is 0.0544. The number of phenols is 1. The van der Waals surface area contributed by atoms with Crippen LogP contribution in [0.1, 0.15) is 82.9 Å². The molecule has 1 fully saturated rings. The van der Waals surface area contributed by atoms with E-state index < -0.39 is 0 Å². The first kappa shape index (κ1) is 19.3. The van der Waals surface area contributed by atoms with Gasteiger partial charge in [-0.1, -0.05) is 58.6 Å². The molecule has 1 heterocycles. The minimum Gasteiger partial charge on any atom is -0.508 e. The topological polar surface area (TPSA) is 43.7 Å². The minimum atomic E-state index is -0.264. The highest BCUT2D eigenvalue weighted by atomic mass is 16.3. The molecular formula is C21H35NO2. The zero-order valence-corrected chi connectivity index (χ0v) is 15.9. The lowest BCUT2D eigenvalue weighted by Gasteiger charge is -2.36. The fourth-order valence-electron chi connectivity index (χ4n) is 3.81. The first-order valence-electron chi connectivity index (χ1n) is 9.57. The normalized spacial score (nSPS) is 22.7. The Morgan fingerprint density at radius 1 is 1.21 bits per heavy atom. The summed E-state index contributed by atoms with van der Waals surface area (Å²) < 4.78 is 0. The number of hydrogen-bond donors (Lipinski definition) is 2. The highest BCUT2D eigenvalue weighted by Crippen LogP contribution is 2.38. The van der Waals surface area contributed by atoms with Crippen molar-refractivity contribution in [1.29, 1.82) is 0 Å². The van der Waals surface area contributed by atoms with Crippen LogP contribution in [0.4, 0.5) is 0 Å². The fourth-order valence-corrected chi connectivity index (χ4v) is 3.81. The Bertz CT molecular complexity index is 527. The molecule has 0 bridgehead atoms. The average Bonchev–Trinajstić information content (AvgIpc) is 2.54. The van der Waals surface area contributed by atoms with Gasteiger partial charge in [-0.25, -0.2) is 0 Å². The number of nitrogens with zero attached hydrogens (tertiary/aromatic N) is 1. The van der Waals surface area contributed by atoms with Crippen molar-refractivity contribution in [3.05, 3.63) is 29.3 Å². The van der Waals surface area contributed by atoms with E-state index in [-0.39, 0.29) is 17.6 Å². The molecule has 0 unspecified atom stereocenters. The summed E-state index contributed by atoms with van der Waals surface area (Å²) in [5, 5.41) is 20.6. The number of rotatable bonds is 7. The maximum Gasteiger partial charge on any atom is 0.120 e. The summed E-state index contributed by atoms with van der Waals surface area (Å²) >= 11 is 0. The van der Waals surface area contributed by atoms with Crippen molar-refractivity contribution in [2.75, 3.05) is 13.6 Å². The third-order valence-electron chi connectivity index (χ3n) is 5.67. The molecule has 3 nitrogen and oxygen atoms in total. The van der Waals surface area contributed by atoms with Crippen LogP contribution in [0.5, 0.6) is 5.75 Å². The largest absolute Gasteiger partial charge is 0.508 e. The predicted molar refractivity (Wildman–Crippen MR) is 101 cm³/mol. The molecule has 1 aliphatic rings. The van der Waals surface area contributed by atoms with E-state index in [2.05, 4.69) is 44.9 Å². The highest BCUT2D eigenvalue weighted by molar-refractivity contribution is 5.41. The summed E-state index contributed by atoms with van der Waals surface area (Å²) in [6.45, 7) is 7.64. The van der Waals surface area contributed by atoms with Gasteiger partial charge in [0, 0.05) is 18.2 Å². The van der Waals surface area contributed by atoms with Crippen molar-refractivity contribution in [3.63, 3.8) is 0 Å². The molecule has 24 heavy (non-hydrogen) atoms. The van der Waals surface area contributed by atoms with Gasteiger partial charge in [-0.05, 0) is 43.4 Å². The molecule has 0 saturated carbocycles. The van der Waals surface area contributed by atoms with E-state index in [1.807, 2.05) is 6.07 Å². The van der Waals surface area contributed by atoms with E-state index in [9.17, 15) is 10.2 Å². The van der Waals surface area contributed by atoms with Crippen LogP contribution < -0.4 is 0 Å². The smallest absolute Gasteiger partial charge is 0.120 e. The van der Waals surface area contributed by atoms with Crippen LogP contribution in [-0.2, 0) is 5.41 Å². The van der Waals surface area contributed by atoms with Gasteiger partial charge in [-0.3, -0.25) is 4.90 Å². The Hall–Kier alpha value is -1.06. The Labute approximate surface area is 147 Å². The van der Waals surface area contributed by atoms with Gasteiger partial charge in [0.15, 0.2) is 0 Å². The van der Waals surface area contributed by atoms with Crippen LogP contribution in [0, 0.1) is 0 Å². The van der Waals surface area contributed by atoms with Crippen molar-refractivity contribution in [2.45, 2.75) is 83.3 Å².